The number of ether oxygens (including phenoxy) is 1. The first-order chi connectivity index (χ1) is 6.43. The van der Waals surface area contributed by atoms with Crippen molar-refractivity contribution in [1.29, 1.82) is 0 Å². The zero-order chi connectivity index (χ0) is 11.2. The van der Waals surface area contributed by atoms with Gasteiger partial charge in [-0.05, 0) is 14.0 Å². The lowest BCUT2D eigenvalue weighted by molar-refractivity contribution is -0.129. The van der Waals surface area contributed by atoms with Crippen LogP contribution in [0.1, 0.15) is 6.92 Å². The summed E-state index contributed by atoms with van der Waals surface area (Å²) in [6.07, 6.45) is -0.563. The number of carbonyl (C=O) groups is 1. The molecule has 6 nitrogen and oxygen atoms in total. The predicted molar refractivity (Wildman–Crippen MR) is 52.3 cm³/mol. The average Bonchev–Trinajstić information content (AvgIpc) is 2.16. The molecule has 0 aromatic rings. The summed E-state index contributed by atoms with van der Waals surface area (Å²) in [7, 11) is -0.514. The molecule has 14 heavy (non-hydrogen) atoms. The first-order valence-corrected chi connectivity index (χ1v) is 5.80. The molecule has 84 valence electrons. The Bertz CT molecular complexity index is 275. The summed E-state index contributed by atoms with van der Waals surface area (Å²) in [5.74, 6) is -0.454. The maximum Gasteiger partial charge on any atom is 0.248 e. The van der Waals surface area contributed by atoms with E-state index in [0.29, 0.717) is 0 Å². The van der Waals surface area contributed by atoms with Crippen molar-refractivity contribution in [3.05, 3.63) is 0 Å². The lowest BCUT2D eigenvalue weighted by Gasteiger charge is -2.09. The Morgan fingerprint density at radius 2 is 2.07 bits per heavy atom. The number of nitrogens with one attached hydrogen (secondary N) is 2. The number of rotatable bonds is 6. The number of methoxy groups -OCH3 is 1. The molecule has 0 aromatic heterocycles. The van der Waals surface area contributed by atoms with Crippen LogP contribution < -0.4 is 10.0 Å². The summed E-state index contributed by atoms with van der Waals surface area (Å²) in [5, 5.41) is 2.44. The summed E-state index contributed by atoms with van der Waals surface area (Å²) < 4.78 is 28.7. The van der Waals surface area contributed by atoms with E-state index in [2.05, 4.69) is 10.0 Å². The number of amides is 1. The normalized spacial score (nSPS) is 13.6. The molecule has 1 amide bonds. The van der Waals surface area contributed by atoms with Crippen LogP contribution in [0.5, 0.6) is 0 Å². The number of hydrogen-bond donors (Lipinski definition) is 2. The van der Waals surface area contributed by atoms with Gasteiger partial charge in [0.05, 0.1) is 5.75 Å². The van der Waals surface area contributed by atoms with Crippen molar-refractivity contribution in [2.24, 2.45) is 0 Å². The lowest BCUT2D eigenvalue weighted by atomic mass is 10.4. The molecule has 7 heteroatoms. The minimum atomic E-state index is -3.25. The second-order valence-corrected chi connectivity index (χ2v) is 4.74. The van der Waals surface area contributed by atoms with E-state index >= 15 is 0 Å². The van der Waals surface area contributed by atoms with Gasteiger partial charge in [0.2, 0.25) is 15.9 Å². The molecule has 0 heterocycles. The third-order valence-electron chi connectivity index (χ3n) is 1.70. The Labute approximate surface area is 84.1 Å². The minimum absolute atomic E-state index is 0.0791. The molecule has 1 unspecified atom stereocenters. The quantitative estimate of drug-likeness (QED) is 0.586. The van der Waals surface area contributed by atoms with Gasteiger partial charge in [-0.1, -0.05) is 0 Å². The monoisotopic (exact) mass is 224 g/mol. The van der Waals surface area contributed by atoms with Crippen LogP contribution in [-0.4, -0.2) is 46.9 Å². The van der Waals surface area contributed by atoms with E-state index < -0.39 is 16.1 Å². The highest BCUT2D eigenvalue weighted by molar-refractivity contribution is 7.89. The fourth-order valence-electron chi connectivity index (χ4n) is 0.661. The fourth-order valence-corrected chi connectivity index (χ4v) is 1.24. The average molecular weight is 224 g/mol. The van der Waals surface area contributed by atoms with Crippen LogP contribution in [-0.2, 0) is 19.6 Å². The van der Waals surface area contributed by atoms with E-state index in [1.807, 2.05) is 0 Å². The van der Waals surface area contributed by atoms with Gasteiger partial charge in [-0.3, -0.25) is 4.79 Å². The Balaban J connectivity index is 3.81. The van der Waals surface area contributed by atoms with Crippen molar-refractivity contribution in [1.82, 2.24) is 10.0 Å². The lowest BCUT2D eigenvalue weighted by Crippen LogP contribution is -2.38. The van der Waals surface area contributed by atoms with Gasteiger partial charge in [-0.2, -0.15) is 0 Å². The summed E-state index contributed by atoms with van der Waals surface area (Å²) in [6.45, 7) is 1.66. The third kappa shape index (κ3) is 5.15. The molecule has 0 aliphatic rings. The number of hydrogen-bond acceptors (Lipinski definition) is 4. The van der Waals surface area contributed by atoms with Gasteiger partial charge in [0.15, 0.2) is 0 Å². The van der Waals surface area contributed by atoms with Gasteiger partial charge >= 0.3 is 0 Å². The van der Waals surface area contributed by atoms with Gasteiger partial charge in [-0.25, -0.2) is 13.1 Å². The third-order valence-corrected chi connectivity index (χ3v) is 3.07. The van der Waals surface area contributed by atoms with Gasteiger partial charge in [0.1, 0.15) is 6.10 Å². The van der Waals surface area contributed by atoms with E-state index in [1.165, 1.54) is 14.2 Å². The maximum atomic E-state index is 11.1. The Hall–Kier alpha value is -0.660. The van der Waals surface area contributed by atoms with Crippen molar-refractivity contribution >= 4 is 15.9 Å². The van der Waals surface area contributed by atoms with Crippen LogP contribution >= 0.6 is 0 Å². The molecular formula is C7H16N2O4S. The number of sulfonamides is 1. The molecule has 0 aliphatic heterocycles. The molecule has 0 aliphatic carbocycles. The van der Waals surface area contributed by atoms with Crippen molar-refractivity contribution in [3.8, 4) is 0 Å². The molecule has 0 fully saturated rings. The highest BCUT2D eigenvalue weighted by Gasteiger charge is 2.12. The summed E-state index contributed by atoms with van der Waals surface area (Å²) >= 11 is 0. The molecule has 0 saturated heterocycles. The van der Waals surface area contributed by atoms with Gasteiger partial charge in [0.25, 0.3) is 0 Å². The van der Waals surface area contributed by atoms with Crippen molar-refractivity contribution < 1.29 is 17.9 Å². The second-order valence-electron chi connectivity index (χ2n) is 2.69. The molecule has 1 atom stereocenters. The van der Waals surface area contributed by atoms with Crippen LogP contribution in [0.4, 0.5) is 0 Å². The summed E-state index contributed by atoms with van der Waals surface area (Å²) in [6, 6.07) is 0. The van der Waals surface area contributed by atoms with E-state index in [1.54, 1.807) is 6.92 Å². The first kappa shape index (κ1) is 13.3. The van der Waals surface area contributed by atoms with E-state index in [0.717, 1.165) is 0 Å². The van der Waals surface area contributed by atoms with Crippen LogP contribution in [0, 0.1) is 0 Å². The Morgan fingerprint density at radius 3 is 2.50 bits per heavy atom. The summed E-state index contributed by atoms with van der Waals surface area (Å²) in [5.41, 5.74) is 0. The first-order valence-electron chi connectivity index (χ1n) is 4.14. The number of carbonyl (C=O) groups excluding carboxylic acids is 1. The SMILES string of the molecule is CNS(=O)(=O)CCNC(=O)C(C)OC. The zero-order valence-electron chi connectivity index (χ0n) is 8.53. The molecule has 2 N–H and O–H groups in total. The molecule has 0 aromatic carbocycles. The predicted octanol–water partition coefficient (Wildman–Crippen LogP) is -1.31. The zero-order valence-corrected chi connectivity index (χ0v) is 9.35. The maximum absolute atomic E-state index is 11.1. The van der Waals surface area contributed by atoms with Gasteiger partial charge in [-0.15, -0.1) is 0 Å². The molecule has 0 rings (SSSR count). The van der Waals surface area contributed by atoms with Gasteiger partial charge < -0.3 is 10.1 Å². The second kappa shape index (κ2) is 5.94. The van der Waals surface area contributed by atoms with Crippen LogP contribution in [0.25, 0.3) is 0 Å². The highest BCUT2D eigenvalue weighted by atomic mass is 32.2. The molecule has 0 radical (unpaired) electrons. The molecule has 0 bridgehead atoms. The molecule has 0 saturated carbocycles. The minimum Gasteiger partial charge on any atom is -0.372 e. The smallest absolute Gasteiger partial charge is 0.248 e. The molecule has 0 spiro atoms. The Morgan fingerprint density at radius 1 is 1.50 bits per heavy atom. The highest BCUT2D eigenvalue weighted by Crippen LogP contribution is 1.87. The van der Waals surface area contributed by atoms with Crippen molar-refractivity contribution in [2.45, 2.75) is 13.0 Å². The van der Waals surface area contributed by atoms with Crippen molar-refractivity contribution in [3.63, 3.8) is 0 Å². The van der Waals surface area contributed by atoms with Crippen LogP contribution in [0.3, 0.4) is 0 Å². The van der Waals surface area contributed by atoms with E-state index in [4.69, 9.17) is 4.74 Å². The van der Waals surface area contributed by atoms with Crippen LogP contribution in [0.15, 0.2) is 0 Å². The molecular weight excluding hydrogens is 208 g/mol. The van der Waals surface area contributed by atoms with E-state index in [-0.39, 0.29) is 18.2 Å². The van der Waals surface area contributed by atoms with Crippen LogP contribution in [0.2, 0.25) is 0 Å². The summed E-state index contributed by atoms with van der Waals surface area (Å²) in [4.78, 5) is 11.1. The largest absolute Gasteiger partial charge is 0.372 e. The van der Waals surface area contributed by atoms with Crippen molar-refractivity contribution in [2.75, 3.05) is 26.5 Å². The topological polar surface area (TPSA) is 84.5 Å². The standard InChI is InChI=1S/C7H16N2O4S/c1-6(13-3)7(10)9-4-5-14(11,12)8-2/h6,8H,4-5H2,1-3H3,(H,9,10). The van der Waals surface area contributed by atoms with Gasteiger partial charge in [0, 0.05) is 13.7 Å². The fraction of sp³-hybridized carbons (Fsp3) is 0.857. The Kier molecular flexibility index (Phi) is 5.66. The van der Waals surface area contributed by atoms with E-state index in [9.17, 15) is 13.2 Å².